The largest absolute Gasteiger partial charge is 0.310 e. The SMILES string of the molecule is CC(C)CCCCc1cc(CCCCC(C)C)c2c3c1N(c1c(-c4ccccc4)cccc1-c1ccccc1)c1cc(-n4c5ccccc5c5ccccc54)ccc1B3c1ccc(-n3c4ccccc4c4ccccc43)cc1N2c1c(-c2ccccc2)cccc1-c1ccccc1. The topological polar surface area (TPSA) is 16.3 Å². The molecule has 4 nitrogen and oxygen atoms in total. The van der Waals surface area contributed by atoms with Crippen molar-refractivity contribution >= 4 is 101 Å². The smallest absolute Gasteiger partial charge is 0.252 e. The lowest BCUT2D eigenvalue weighted by molar-refractivity contribution is 0.536. The van der Waals surface area contributed by atoms with Crippen LogP contribution in [0.4, 0.5) is 34.1 Å². The van der Waals surface area contributed by atoms with Gasteiger partial charge in [0.1, 0.15) is 0 Å². The van der Waals surface area contributed by atoms with E-state index in [4.69, 9.17) is 0 Å². The molecule has 2 aliphatic heterocycles. The van der Waals surface area contributed by atoms with Crippen molar-refractivity contribution in [3.63, 3.8) is 0 Å². The molecular weight excluding hydrogens is 1170 g/mol. The van der Waals surface area contributed by atoms with Gasteiger partial charge >= 0.3 is 0 Å². The van der Waals surface area contributed by atoms with E-state index in [-0.39, 0.29) is 6.71 Å². The summed E-state index contributed by atoms with van der Waals surface area (Å²) in [5, 5.41) is 5.00. The summed E-state index contributed by atoms with van der Waals surface area (Å²) in [6.07, 6.45) is 8.69. The molecule has 0 aliphatic carbocycles. The average molecular weight is 1250 g/mol. The van der Waals surface area contributed by atoms with E-state index in [1.54, 1.807) is 0 Å². The van der Waals surface area contributed by atoms with Crippen molar-refractivity contribution in [1.82, 2.24) is 9.13 Å². The zero-order chi connectivity index (χ0) is 65.1. The third-order valence-electron chi connectivity index (χ3n) is 20.8. The summed E-state index contributed by atoms with van der Waals surface area (Å²) in [6, 6.07) is 113. The number of anilines is 6. The molecule has 0 saturated heterocycles. The highest BCUT2D eigenvalue weighted by molar-refractivity contribution is 7.00. The van der Waals surface area contributed by atoms with Crippen molar-refractivity contribution < 1.29 is 0 Å². The van der Waals surface area contributed by atoms with E-state index < -0.39 is 0 Å². The maximum absolute atomic E-state index is 2.81. The molecule has 0 saturated carbocycles. The monoisotopic (exact) mass is 1250 g/mol. The van der Waals surface area contributed by atoms with Gasteiger partial charge in [0.05, 0.1) is 33.4 Å². The fourth-order valence-corrected chi connectivity index (χ4v) is 16.5. The minimum atomic E-state index is -0.181. The van der Waals surface area contributed by atoms with Crippen LogP contribution in [0.2, 0.25) is 0 Å². The Kier molecular flexibility index (Phi) is 15.6. The molecule has 4 heterocycles. The molecule has 0 atom stereocenters. The van der Waals surface area contributed by atoms with Crippen LogP contribution in [-0.4, -0.2) is 15.8 Å². The number of hydrogen-bond acceptors (Lipinski definition) is 2. The quantitative estimate of drug-likeness (QED) is 0.0629. The van der Waals surface area contributed by atoms with Crippen molar-refractivity contribution in [1.29, 1.82) is 0 Å². The minimum absolute atomic E-state index is 0.181. The van der Waals surface area contributed by atoms with Gasteiger partial charge in [-0.2, -0.15) is 0 Å². The van der Waals surface area contributed by atoms with Gasteiger partial charge in [-0.05, 0) is 136 Å². The molecule has 15 aromatic rings. The number of nitrogens with zero attached hydrogens (tertiary/aromatic N) is 4. The Bertz CT molecular complexity index is 4880. The first-order valence-electron chi connectivity index (χ1n) is 35.4. The molecule has 0 fully saturated rings. The van der Waals surface area contributed by atoms with Crippen LogP contribution in [0.3, 0.4) is 0 Å². The molecule has 97 heavy (non-hydrogen) atoms. The second kappa shape index (κ2) is 25.4. The number of hydrogen-bond donors (Lipinski definition) is 0. The number of aromatic nitrogens is 2. The van der Waals surface area contributed by atoms with Gasteiger partial charge in [0, 0.05) is 77.9 Å². The van der Waals surface area contributed by atoms with Crippen LogP contribution in [-0.2, 0) is 12.8 Å². The number of fused-ring (bicyclic) bond motifs is 10. The molecule has 5 heteroatoms. The Morgan fingerprint density at radius 1 is 0.289 bits per heavy atom. The summed E-state index contributed by atoms with van der Waals surface area (Å²) in [5.74, 6) is 1.22. The number of aryl methyl sites for hydroxylation is 2. The Morgan fingerprint density at radius 3 is 0.918 bits per heavy atom. The second-order valence-electron chi connectivity index (χ2n) is 27.8. The normalized spacial score (nSPS) is 12.6. The van der Waals surface area contributed by atoms with Crippen LogP contribution in [0.25, 0.3) is 99.5 Å². The molecule has 470 valence electrons. The maximum atomic E-state index is 2.81. The molecule has 0 radical (unpaired) electrons. The molecule has 0 amide bonds. The van der Waals surface area contributed by atoms with E-state index in [9.17, 15) is 0 Å². The zero-order valence-corrected chi connectivity index (χ0v) is 56.0. The summed E-state index contributed by atoms with van der Waals surface area (Å²) in [6.45, 7) is 9.36. The third-order valence-corrected chi connectivity index (χ3v) is 20.8. The lowest BCUT2D eigenvalue weighted by Gasteiger charge is -2.47. The maximum Gasteiger partial charge on any atom is 0.252 e. The number of rotatable bonds is 18. The lowest BCUT2D eigenvalue weighted by Crippen LogP contribution is -2.62. The first kappa shape index (κ1) is 59.8. The van der Waals surface area contributed by atoms with E-state index >= 15 is 0 Å². The number of benzene rings is 13. The van der Waals surface area contributed by atoms with Crippen LogP contribution in [0.15, 0.2) is 297 Å². The highest BCUT2D eigenvalue weighted by Gasteiger charge is 2.47. The van der Waals surface area contributed by atoms with Crippen LogP contribution < -0.4 is 26.2 Å². The molecular formula is C92H79BN4. The molecule has 0 spiro atoms. The fourth-order valence-electron chi connectivity index (χ4n) is 16.5. The summed E-state index contributed by atoms with van der Waals surface area (Å²) < 4.78 is 5.05. The molecule has 0 unspecified atom stereocenters. The first-order chi connectivity index (χ1) is 47.9. The van der Waals surface area contributed by atoms with Crippen molar-refractivity contribution in [2.24, 2.45) is 11.8 Å². The van der Waals surface area contributed by atoms with Crippen LogP contribution >= 0.6 is 0 Å². The van der Waals surface area contributed by atoms with Crippen molar-refractivity contribution in [2.75, 3.05) is 9.80 Å². The summed E-state index contributed by atoms with van der Waals surface area (Å²) in [5.41, 5.74) is 30.6. The molecule has 2 aromatic heterocycles. The van der Waals surface area contributed by atoms with Gasteiger partial charge < -0.3 is 18.9 Å². The predicted molar refractivity (Wildman–Crippen MR) is 416 cm³/mol. The van der Waals surface area contributed by atoms with Crippen molar-refractivity contribution in [3.8, 4) is 55.9 Å². The molecule has 0 bridgehead atoms. The Morgan fingerprint density at radius 2 is 0.598 bits per heavy atom. The highest BCUT2D eigenvalue weighted by Crippen LogP contribution is 2.55. The van der Waals surface area contributed by atoms with E-state index in [1.807, 2.05) is 0 Å². The van der Waals surface area contributed by atoms with E-state index in [1.165, 1.54) is 163 Å². The van der Waals surface area contributed by atoms with Gasteiger partial charge in [-0.1, -0.05) is 302 Å². The lowest BCUT2D eigenvalue weighted by atomic mass is 9.33. The second-order valence-corrected chi connectivity index (χ2v) is 27.8. The minimum Gasteiger partial charge on any atom is -0.310 e. The molecule has 2 aliphatic rings. The van der Waals surface area contributed by atoms with Gasteiger partial charge in [0.15, 0.2) is 0 Å². The number of para-hydroxylation sites is 6. The Balaban J connectivity index is 1.06. The van der Waals surface area contributed by atoms with Crippen LogP contribution in [0, 0.1) is 11.8 Å². The summed E-state index contributed by atoms with van der Waals surface area (Å²) >= 11 is 0. The van der Waals surface area contributed by atoms with Gasteiger partial charge in [-0.15, -0.1) is 0 Å². The van der Waals surface area contributed by atoms with E-state index in [0.717, 1.165) is 49.9 Å². The van der Waals surface area contributed by atoms with Gasteiger partial charge in [0.2, 0.25) is 0 Å². The predicted octanol–water partition coefficient (Wildman–Crippen LogP) is 23.4. The third kappa shape index (κ3) is 10.5. The van der Waals surface area contributed by atoms with Gasteiger partial charge in [-0.3, -0.25) is 0 Å². The molecule has 13 aromatic carbocycles. The standard InChI is InChI=1S/C92H79BN4/c1-62(2)31-17-19-41-68-59-69(42-20-18-32-63(3)4)90-88-89(68)96(91-72(64-33-9-5-10-34-64)47-29-48-73(91)65-35-11-6-12-36-65)86-60-70(94-82-51-25-21-43-76(82)77-44-22-26-52-83(77)94)55-57-80(86)93(88)81-58-56-71(95-84-53-27-23-45-78(84)79-46-24-28-54-85(79)95)61-87(81)97(90)92-74(66-37-13-7-14-38-66)49-30-50-75(92)67-39-15-8-16-40-67/h5-16,21-30,33-40,43-63H,17-20,31-32,41-42H2,1-4H3. The zero-order valence-electron chi connectivity index (χ0n) is 56.0. The van der Waals surface area contributed by atoms with Gasteiger partial charge in [-0.25, -0.2) is 0 Å². The molecule has 0 N–H and O–H groups in total. The number of unbranched alkanes of at least 4 members (excludes halogenated alkanes) is 2. The van der Waals surface area contributed by atoms with Gasteiger partial charge in [0.25, 0.3) is 6.71 Å². The average Bonchev–Trinajstić information content (AvgIpc) is 1.11. The van der Waals surface area contributed by atoms with Crippen molar-refractivity contribution in [2.45, 2.75) is 79.1 Å². The Labute approximate surface area is 571 Å². The van der Waals surface area contributed by atoms with E-state index in [0.29, 0.717) is 11.8 Å². The fraction of sp³-hybridized carbons (Fsp3) is 0.152. The van der Waals surface area contributed by atoms with Crippen LogP contribution in [0.5, 0.6) is 0 Å². The first-order valence-corrected chi connectivity index (χ1v) is 35.4. The Hall–Kier alpha value is -10.9. The highest BCUT2D eigenvalue weighted by atomic mass is 15.2. The molecule has 17 rings (SSSR count). The summed E-state index contributed by atoms with van der Waals surface area (Å²) in [7, 11) is 0. The summed E-state index contributed by atoms with van der Waals surface area (Å²) in [4.78, 5) is 5.62. The van der Waals surface area contributed by atoms with Crippen molar-refractivity contribution in [3.05, 3.63) is 308 Å². The van der Waals surface area contributed by atoms with Crippen LogP contribution in [0.1, 0.15) is 77.3 Å². The van der Waals surface area contributed by atoms with E-state index in [2.05, 4.69) is 344 Å².